The summed E-state index contributed by atoms with van der Waals surface area (Å²) in [6.45, 7) is 3.69. The van der Waals surface area contributed by atoms with Crippen molar-refractivity contribution >= 4 is 22.8 Å². The van der Waals surface area contributed by atoms with Crippen LogP contribution in [0.1, 0.15) is 30.8 Å². The second-order valence-electron chi connectivity index (χ2n) is 5.31. The highest BCUT2D eigenvalue weighted by molar-refractivity contribution is 5.99. The highest BCUT2D eigenvalue weighted by Gasteiger charge is 2.26. The topological polar surface area (TPSA) is 91.4 Å². The number of hydrogen-bond donors (Lipinski definition) is 3. The number of carboxylic acid groups (broad SMARTS) is 1. The maximum absolute atomic E-state index is 12.3. The molecule has 2 rings (SSSR count). The van der Waals surface area contributed by atoms with Gasteiger partial charge in [-0.3, -0.25) is 4.79 Å². The lowest BCUT2D eigenvalue weighted by molar-refractivity contribution is -0.140. The first-order chi connectivity index (χ1) is 10.5. The summed E-state index contributed by atoms with van der Waals surface area (Å²) in [6, 6.07) is 6.20. The lowest BCUT2D eigenvalue weighted by Gasteiger charge is -2.19. The first-order valence-corrected chi connectivity index (χ1v) is 7.16. The van der Waals surface area contributed by atoms with Crippen LogP contribution in [0.4, 0.5) is 0 Å². The number of aromatic amines is 1. The number of methoxy groups -OCH3 is 1. The number of carboxylic acids is 1. The van der Waals surface area contributed by atoms with Crippen molar-refractivity contribution in [2.45, 2.75) is 26.3 Å². The molecule has 1 aromatic heterocycles. The van der Waals surface area contributed by atoms with Crippen LogP contribution in [0, 0.1) is 5.92 Å². The van der Waals surface area contributed by atoms with Crippen molar-refractivity contribution in [3.63, 3.8) is 0 Å². The monoisotopic (exact) mass is 304 g/mol. The molecule has 3 N–H and O–H groups in total. The van der Waals surface area contributed by atoms with Gasteiger partial charge in [0.15, 0.2) is 0 Å². The van der Waals surface area contributed by atoms with Crippen LogP contribution in [-0.2, 0) is 4.79 Å². The third-order valence-corrected chi connectivity index (χ3v) is 3.84. The van der Waals surface area contributed by atoms with Crippen molar-refractivity contribution < 1.29 is 19.4 Å². The van der Waals surface area contributed by atoms with Gasteiger partial charge in [-0.15, -0.1) is 0 Å². The Morgan fingerprint density at radius 1 is 1.36 bits per heavy atom. The van der Waals surface area contributed by atoms with Gasteiger partial charge in [-0.2, -0.15) is 0 Å². The molecule has 0 unspecified atom stereocenters. The van der Waals surface area contributed by atoms with E-state index in [1.54, 1.807) is 26.2 Å². The fraction of sp³-hybridized carbons (Fsp3) is 0.375. The summed E-state index contributed by atoms with van der Waals surface area (Å²) in [6.07, 6.45) is 0.668. The van der Waals surface area contributed by atoms with Gasteiger partial charge in [0.2, 0.25) is 0 Å². The minimum atomic E-state index is -1.03. The maximum Gasteiger partial charge on any atom is 0.326 e. The number of benzene rings is 1. The van der Waals surface area contributed by atoms with Gasteiger partial charge in [0.05, 0.1) is 7.11 Å². The SMILES string of the molecule is CC[C@H](C)[C@H](NC(=O)c1cc2cc(OC)ccc2[nH]1)C(=O)O. The molecule has 1 heterocycles. The van der Waals surface area contributed by atoms with E-state index in [1.807, 2.05) is 19.1 Å². The Kier molecular flexibility index (Phi) is 4.70. The second kappa shape index (κ2) is 6.51. The molecule has 0 aliphatic carbocycles. The van der Waals surface area contributed by atoms with E-state index in [2.05, 4.69) is 10.3 Å². The summed E-state index contributed by atoms with van der Waals surface area (Å²) in [7, 11) is 1.57. The molecule has 0 spiro atoms. The van der Waals surface area contributed by atoms with Crippen LogP contribution in [0.5, 0.6) is 5.75 Å². The number of carbonyl (C=O) groups excluding carboxylic acids is 1. The Morgan fingerprint density at radius 3 is 2.68 bits per heavy atom. The fourth-order valence-electron chi connectivity index (χ4n) is 2.26. The van der Waals surface area contributed by atoms with Gasteiger partial charge in [-0.25, -0.2) is 4.79 Å². The molecule has 0 aliphatic heterocycles. The summed E-state index contributed by atoms with van der Waals surface area (Å²) in [4.78, 5) is 26.5. The van der Waals surface area contributed by atoms with E-state index >= 15 is 0 Å². The van der Waals surface area contributed by atoms with E-state index in [9.17, 15) is 14.7 Å². The van der Waals surface area contributed by atoms with Crippen LogP contribution < -0.4 is 10.1 Å². The number of nitrogens with one attached hydrogen (secondary N) is 2. The number of fused-ring (bicyclic) bond motifs is 1. The maximum atomic E-state index is 12.3. The van der Waals surface area contributed by atoms with Crippen LogP contribution in [0.3, 0.4) is 0 Å². The molecule has 1 amide bonds. The minimum Gasteiger partial charge on any atom is -0.497 e. The molecule has 0 radical (unpaired) electrons. The van der Waals surface area contributed by atoms with Gasteiger partial charge in [-0.1, -0.05) is 20.3 Å². The molecule has 0 bridgehead atoms. The van der Waals surface area contributed by atoms with Gasteiger partial charge in [0, 0.05) is 10.9 Å². The molecule has 0 saturated carbocycles. The summed E-state index contributed by atoms with van der Waals surface area (Å²) in [5, 5.41) is 12.6. The molecular weight excluding hydrogens is 284 g/mol. The van der Waals surface area contributed by atoms with Crippen LogP contribution in [-0.4, -0.2) is 35.1 Å². The van der Waals surface area contributed by atoms with E-state index in [0.29, 0.717) is 17.9 Å². The van der Waals surface area contributed by atoms with Crippen molar-refractivity contribution in [2.75, 3.05) is 7.11 Å². The van der Waals surface area contributed by atoms with E-state index in [1.165, 1.54) is 0 Å². The Bertz CT molecular complexity index is 693. The number of carbonyl (C=O) groups is 2. The number of H-pyrrole nitrogens is 1. The zero-order chi connectivity index (χ0) is 16.3. The third kappa shape index (κ3) is 3.21. The lowest BCUT2D eigenvalue weighted by atomic mass is 9.99. The van der Waals surface area contributed by atoms with Crippen molar-refractivity contribution in [3.8, 4) is 5.75 Å². The average Bonchev–Trinajstić information content (AvgIpc) is 2.94. The summed E-state index contributed by atoms with van der Waals surface area (Å²) in [5.74, 6) is -0.907. The van der Waals surface area contributed by atoms with E-state index < -0.39 is 17.9 Å². The van der Waals surface area contributed by atoms with Crippen LogP contribution in [0.15, 0.2) is 24.3 Å². The zero-order valence-electron chi connectivity index (χ0n) is 12.8. The Hall–Kier alpha value is -2.50. The molecule has 1 aromatic carbocycles. The highest BCUT2D eigenvalue weighted by atomic mass is 16.5. The molecule has 0 aliphatic rings. The van der Waals surface area contributed by atoms with Gasteiger partial charge >= 0.3 is 5.97 Å². The number of aliphatic carboxylic acids is 1. The molecule has 118 valence electrons. The first kappa shape index (κ1) is 15.9. The Morgan fingerprint density at radius 2 is 2.09 bits per heavy atom. The third-order valence-electron chi connectivity index (χ3n) is 3.84. The van der Waals surface area contributed by atoms with Crippen molar-refractivity contribution in [3.05, 3.63) is 30.0 Å². The first-order valence-electron chi connectivity index (χ1n) is 7.16. The summed E-state index contributed by atoms with van der Waals surface area (Å²) < 4.78 is 5.14. The van der Waals surface area contributed by atoms with Gasteiger partial charge in [0.25, 0.3) is 5.91 Å². The van der Waals surface area contributed by atoms with Gasteiger partial charge in [0.1, 0.15) is 17.5 Å². The normalized spacial score (nSPS) is 13.6. The molecular formula is C16H20N2O4. The number of rotatable bonds is 6. The van der Waals surface area contributed by atoms with Crippen LogP contribution in [0.25, 0.3) is 10.9 Å². The smallest absolute Gasteiger partial charge is 0.326 e. The average molecular weight is 304 g/mol. The molecule has 6 nitrogen and oxygen atoms in total. The minimum absolute atomic E-state index is 0.147. The Labute approximate surface area is 128 Å². The number of ether oxygens (including phenoxy) is 1. The van der Waals surface area contributed by atoms with Crippen LogP contribution >= 0.6 is 0 Å². The highest BCUT2D eigenvalue weighted by Crippen LogP contribution is 2.21. The molecule has 0 saturated heterocycles. The fourth-order valence-corrected chi connectivity index (χ4v) is 2.26. The molecule has 22 heavy (non-hydrogen) atoms. The quantitative estimate of drug-likeness (QED) is 0.764. The van der Waals surface area contributed by atoms with Gasteiger partial charge < -0.3 is 20.1 Å². The largest absolute Gasteiger partial charge is 0.497 e. The summed E-state index contributed by atoms with van der Waals surface area (Å²) >= 11 is 0. The molecule has 2 aromatic rings. The Balaban J connectivity index is 2.23. The van der Waals surface area contributed by atoms with Gasteiger partial charge in [-0.05, 0) is 30.2 Å². The number of hydrogen-bond acceptors (Lipinski definition) is 3. The van der Waals surface area contributed by atoms with E-state index in [-0.39, 0.29) is 5.92 Å². The number of aromatic nitrogens is 1. The van der Waals surface area contributed by atoms with Crippen molar-refractivity contribution in [1.29, 1.82) is 0 Å². The van der Waals surface area contributed by atoms with Crippen molar-refractivity contribution in [2.24, 2.45) is 5.92 Å². The standard InChI is InChI=1S/C16H20N2O4/c1-4-9(2)14(16(20)21)18-15(19)13-8-10-7-11(22-3)5-6-12(10)17-13/h5-9,14,17H,4H2,1-3H3,(H,18,19)(H,20,21)/t9-,14-/m0/s1. The zero-order valence-corrected chi connectivity index (χ0v) is 12.8. The predicted octanol–water partition coefficient (Wildman–Crippen LogP) is 2.41. The summed E-state index contributed by atoms with van der Waals surface area (Å²) in [5.41, 5.74) is 1.12. The van der Waals surface area contributed by atoms with E-state index in [0.717, 1.165) is 10.9 Å². The molecule has 2 atom stereocenters. The van der Waals surface area contributed by atoms with E-state index in [4.69, 9.17) is 4.74 Å². The van der Waals surface area contributed by atoms with Crippen LogP contribution in [0.2, 0.25) is 0 Å². The predicted molar refractivity (Wildman–Crippen MR) is 83.2 cm³/mol. The molecule has 6 heteroatoms. The lowest BCUT2D eigenvalue weighted by Crippen LogP contribution is -2.45. The second-order valence-corrected chi connectivity index (χ2v) is 5.31. The molecule has 0 fully saturated rings. The van der Waals surface area contributed by atoms with Crippen molar-refractivity contribution in [1.82, 2.24) is 10.3 Å². The number of amides is 1.